The number of rotatable bonds is 8. The van der Waals surface area contributed by atoms with Crippen LogP contribution in [0.5, 0.6) is 5.75 Å². The van der Waals surface area contributed by atoms with E-state index in [9.17, 15) is 22.0 Å². The minimum atomic E-state index is -4.98. The number of nitrogen functional groups attached to an aromatic ring is 1. The van der Waals surface area contributed by atoms with Crippen LogP contribution in [0.25, 0.3) is 11.1 Å². The van der Waals surface area contributed by atoms with Crippen molar-refractivity contribution in [3.63, 3.8) is 0 Å². The molecular weight excluding hydrogens is 439 g/mol. The molecule has 3 aromatic heterocycles. The maximum absolute atomic E-state index is 13.0. The molecule has 1 atom stereocenters. The number of halogens is 5. The minimum absolute atomic E-state index is 0.0340. The van der Waals surface area contributed by atoms with E-state index in [2.05, 4.69) is 35.4 Å². The van der Waals surface area contributed by atoms with Crippen molar-refractivity contribution in [2.45, 2.75) is 32.3 Å². The lowest BCUT2D eigenvalue weighted by Crippen LogP contribution is -2.26. The summed E-state index contributed by atoms with van der Waals surface area (Å²) in [5, 5.41) is 9.70. The highest BCUT2D eigenvalue weighted by Gasteiger charge is 2.33. The van der Waals surface area contributed by atoms with Gasteiger partial charge in [0.25, 0.3) is 6.43 Å². The summed E-state index contributed by atoms with van der Waals surface area (Å²) >= 11 is 0. The van der Waals surface area contributed by atoms with Crippen molar-refractivity contribution in [1.82, 2.24) is 30.0 Å². The molecule has 0 spiro atoms. The van der Waals surface area contributed by atoms with E-state index in [0.717, 1.165) is 18.3 Å². The SMILES string of the molecule is CN[C@H](C)Cn1cc(-c2cnc(Nc3cc(N)nc(C(F)F)n3)cc2OC(F)(F)F)cn1. The first-order valence-electron chi connectivity index (χ1n) is 9.19. The molecule has 0 aromatic carbocycles. The average Bonchev–Trinajstić information content (AvgIpc) is 3.14. The van der Waals surface area contributed by atoms with Crippen LogP contribution >= 0.6 is 0 Å². The van der Waals surface area contributed by atoms with E-state index < -0.39 is 24.4 Å². The van der Waals surface area contributed by atoms with Gasteiger partial charge in [-0.25, -0.2) is 23.7 Å². The van der Waals surface area contributed by atoms with E-state index >= 15 is 0 Å². The normalized spacial score (nSPS) is 12.8. The smallest absolute Gasteiger partial charge is 0.405 e. The molecule has 0 aliphatic carbocycles. The molecule has 9 nitrogen and oxygen atoms in total. The number of nitrogens with one attached hydrogen (secondary N) is 2. The van der Waals surface area contributed by atoms with Crippen LogP contribution in [0, 0.1) is 0 Å². The fourth-order valence-electron chi connectivity index (χ4n) is 2.68. The highest BCUT2D eigenvalue weighted by Crippen LogP contribution is 2.35. The first-order valence-corrected chi connectivity index (χ1v) is 9.19. The minimum Gasteiger partial charge on any atom is -0.405 e. The van der Waals surface area contributed by atoms with Gasteiger partial charge >= 0.3 is 6.36 Å². The molecule has 32 heavy (non-hydrogen) atoms. The van der Waals surface area contributed by atoms with Crippen molar-refractivity contribution >= 4 is 17.5 Å². The van der Waals surface area contributed by atoms with E-state index in [1.165, 1.54) is 6.20 Å². The monoisotopic (exact) mass is 458 g/mol. The Balaban J connectivity index is 1.94. The summed E-state index contributed by atoms with van der Waals surface area (Å²) in [6.45, 7) is 2.40. The highest BCUT2D eigenvalue weighted by molar-refractivity contribution is 5.71. The lowest BCUT2D eigenvalue weighted by Gasteiger charge is -2.14. The van der Waals surface area contributed by atoms with Crippen molar-refractivity contribution in [2.24, 2.45) is 0 Å². The van der Waals surface area contributed by atoms with Crippen molar-refractivity contribution in [3.05, 3.63) is 36.5 Å². The van der Waals surface area contributed by atoms with Crippen molar-refractivity contribution in [2.75, 3.05) is 18.1 Å². The third kappa shape index (κ3) is 6.00. The Hall–Kier alpha value is -3.55. The summed E-state index contributed by atoms with van der Waals surface area (Å²) in [5.74, 6) is -1.95. The molecule has 0 radical (unpaired) electrons. The molecule has 0 saturated heterocycles. The van der Waals surface area contributed by atoms with Crippen LogP contribution in [0.4, 0.5) is 39.4 Å². The predicted molar refractivity (Wildman–Crippen MR) is 105 cm³/mol. The van der Waals surface area contributed by atoms with Gasteiger partial charge in [-0.05, 0) is 14.0 Å². The van der Waals surface area contributed by atoms with E-state index in [1.807, 2.05) is 6.92 Å². The zero-order valence-electron chi connectivity index (χ0n) is 16.9. The summed E-state index contributed by atoms with van der Waals surface area (Å²) in [7, 11) is 1.77. The molecule has 0 bridgehead atoms. The Labute approximate surface area is 178 Å². The number of alkyl halides is 5. The van der Waals surface area contributed by atoms with E-state index in [-0.39, 0.29) is 29.1 Å². The second-order valence-electron chi connectivity index (χ2n) is 6.72. The molecule has 0 fully saturated rings. The van der Waals surface area contributed by atoms with E-state index in [0.29, 0.717) is 12.1 Å². The van der Waals surface area contributed by atoms with Gasteiger partial charge in [0.2, 0.25) is 0 Å². The Morgan fingerprint density at radius 3 is 2.56 bits per heavy atom. The van der Waals surface area contributed by atoms with Gasteiger partial charge in [0.15, 0.2) is 5.82 Å². The predicted octanol–water partition coefficient (Wildman–Crippen LogP) is 3.51. The Morgan fingerprint density at radius 2 is 1.91 bits per heavy atom. The standard InChI is InChI=1S/C18H19F5N8O/c1-9(25-2)7-31-8-10(5-27-31)11-6-26-14(3-12(11)32-18(21,22)23)29-15-4-13(24)28-17(30-15)16(19)20/h3-6,8-9,16,25H,7H2,1-2H3,(H3,24,26,28,29,30)/t9-/m1/s1. The summed E-state index contributed by atoms with van der Waals surface area (Å²) in [5.41, 5.74) is 5.86. The molecule has 3 heterocycles. The second kappa shape index (κ2) is 9.30. The lowest BCUT2D eigenvalue weighted by atomic mass is 10.1. The molecular formula is C18H19F5N8O. The number of anilines is 3. The zero-order valence-corrected chi connectivity index (χ0v) is 16.9. The van der Waals surface area contributed by atoms with Crippen LogP contribution in [-0.2, 0) is 6.54 Å². The fourth-order valence-corrected chi connectivity index (χ4v) is 2.68. The number of pyridine rings is 1. The number of aromatic nitrogens is 5. The number of nitrogens with zero attached hydrogens (tertiary/aromatic N) is 5. The summed E-state index contributed by atoms with van der Waals surface area (Å²) < 4.78 is 70.5. The Morgan fingerprint density at radius 1 is 1.16 bits per heavy atom. The van der Waals surface area contributed by atoms with E-state index in [1.54, 1.807) is 17.9 Å². The highest BCUT2D eigenvalue weighted by atomic mass is 19.4. The fraction of sp³-hybridized carbons (Fsp3) is 0.333. The van der Waals surface area contributed by atoms with Crippen molar-refractivity contribution < 1.29 is 26.7 Å². The maximum Gasteiger partial charge on any atom is 0.573 e. The Kier molecular flexibility index (Phi) is 6.72. The van der Waals surface area contributed by atoms with Crippen LogP contribution < -0.4 is 21.1 Å². The van der Waals surface area contributed by atoms with Gasteiger partial charge < -0.3 is 21.1 Å². The van der Waals surface area contributed by atoms with Crippen LogP contribution in [-0.4, -0.2) is 44.2 Å². The molecule has 3 rings (SSSR count). The summed E-state index contributed by atoms with van der Waals surface area (Å²) in [4.78, 5) is 11.0. The third-order valence-electron chi connectivity index (χ3n) is 4.20. The number of nitrogens with two attached hydrogens (primary N) is 1. The molecule has 14 heteroatoms. The third-order valence-corrected chi connectivity index (χ3v) is 4.20. The number of likely N-dealkylation sites (N-methyl/N-ethyl adjacent to an activating group) is 1. The van der Waals surface area contributed by atoms with Crippen molar-refractivity contribution in [3.8, 4) is 16.9 Å². The zero-order chi connectivity index (χ0) is 23.5. The largest absolute Gasteiger partial charge is 0.573 e. The van der Waals surface area contributed by atoms with Gasteiger partial charge in [-0.3, -0.25) is 4.68 Å². The average molecular weight is 458 g/mol. The molecule has 3 aromatic rings. The van der Waals surface area contributed by atoms with Gasteiger partial charge in [0, 0.05) is 41.7 Å². The molecule has 4 N–H and O–H groups in total. The van der Waals surface area contributed by atoms with Gasteiger partial charge in [-0.1, -0.05) is 0 Å². The van der Waals surface area contributed by atoms with Crippen LogP contribution in [0.2, 0.25) is 0 Å². The topological polar surface area (TPSA) is 116 Å². The van der Waals surface area contributed by atoms with Crippen LogP contribution in [0.1, 0.15) is 19.2 Å². The molecule has 0 aliphatic rings. The molecule has 0 amide bonds. The first-order chi connectivity index (χ1) is 15.0. The summed E-state index contributed by atoms with van der Waals surface area (Å²) in [6, 6.07) is 2.19. The molecule has 0 unspecified atom stereocenters. The van der Waals surface area contributed by atoms with Crippen LogP contribution in [0.3, 0.4) is 0 Å². The quantitative estimate of drug-likeness (QED) is 0.440. The van der Waals surface area contributed by atoms with Gasteiger partial charge in [-0.15, -0.1) is 13.2 Å². The lowest BCUT2D eigenvalue weighted by molar-refractivity contribution is -0.274. The second-order valence-corrected chi connectivity index (χ2v) is 6.72. The summed E-state index contributed by atoms with van der Waals surface area (Å²) in [6.07, 6.45) is -3.88. The Bertz CT molecular complexity index is 1070. The first kappa shape index (κ1) is 23.1. The van der Waals surface area contributed by atoms with Gasteiger partial charge in [0.05, 0.1) is 12.7 Å². The van der Waals surface area contributed by atoms with Gasteiger partial charge in [-0.2, -0.15) is 5.10 Å². The van der Waals surface area contributed by atoms with Crippen molar-refractivity contribution in [1.29, 1.82) is 0 Å². The maximum atomic E-state index is 13.0. The van der Waals surface area contributed by atoms with Gasteiger partial charge in [0.1, 0.15) is 23.2 Å². The number of hydrogen-bond donors (Lipinski definition) is 3. The molecule has 172 valence electrons. The number of ether oxygens (including phenoxy) is 1. The van der Waals surface area contributed by atoms with Crippen LogP contribution in [0.15, 0.2) is 30.7 Å². The molecule has 0 saturated carbocycles. The van der Waals surface area contributed by atoms with E-state index in [4.69, 9.17) is 5.73 Å². The number of hydrogen-bond acceptors (Lipinski definition) is 8. The molecule has 0 aliphatic heterocycles.